The zero-order valence-corrected chi connectivity index (χ0v) is 18.1. The first-order valence-electron chi connectivity index (χ1n) is 8.62. The van der Waals surface area contributed by atoms with E-state index >= 15 is 0 Å². The summed E-state index contributed by atoms with van der Waals surface area (Å²) >= 11 is 1.69. The van der Waals surface area contributed by atoms with Crippen molar-refractivity contribution in [2.45, 2.75) is 9.79 Å². The first kappa shape index (κ1) is 22.7. The van der Waals surface area contributed by atoms with E-state index in [1.54, 1.807) is 23.9 Å². The van der Waals surface area contributed by atoms with Crippen molar-refractivity contribution >= 4 is 33.5 Å². The monoisotopic (exact) mass is 436 g/mol. The zero-order chi connectivity index (χ0) is 21.6. The summed E-state index contributed by atoms with van der Waals surface area (Å²) in [6.07, 6.45) is 1.05. The standard InChI is InChI=1S/C19H24N4O4S2/c1-22(2)11-12-28-16-9-7-15(8-10-16)27-23(19(20)21)18(24)14-5-4-6-17(13-14)29(3,25)26/h4-10,13H,11-12H2,1-3H3,(H3,20,21). The Balaban J connectivity index is 2.14. The summed E-state index contributed by atoms with van der Waals surface area (Å²) in [6.45, 7) is 0.947. The summed E-state index contributed by atoms with van der Waals surface area (Å²) in [5.41, 5.74) is 5.55. The number of sulfone groups is 1. The number of nitrogens with two attached hydrogens (primary N) is 1. The predicted molar refractivity (Wildman–Crippen MR) is 114 cm³/mol. The number of carbonyl (C=O) groups excluding carboxylic acids is 1. The molecule has 29 heavy (non-hydrogen) atoms. The molecule has 0 atom stereocenters. The number of benzene rings is 2. The van der Waals surface area contributed by atoms with Gasteiger partial charge < -0.3 is 15.5 Å². The molecule has 8 nitrogen and oxygen atoms in total. The number of thioether (sulfide) groups is 1. The van der Waals surface area contributed by atoms with Crippen molar-refractivity contribution in [2.24, 2.45) is 5.73 Å². The smallest absolute Gasteiger partial charge is 0.294 e. The highest BCUT2D eigenvalue weighted by atomic mass is 32.2. The van der Waals surface area contributed by atoms with E-state index in [2.05, 4.69) is 4.90 Å². The van der Waals surface area contributed by atoms with Gasteiger partial charge in [0.05, 0.1) is 4.90 Å². The van der Waals surface area contributed by atoms with Crippen LogP contribution in [0.1, 0.15) is 10.4 Å². The topological polar surface area (TPSA) is 117 Å². The lowest BCUT2D eigenvalue weighted by Gasteiger charge is -2.20. The number of carbonyl (C=O) groups is 1. The maximum Gasteiger partial charge on any atom is 0.294 e. The summed E-state index contributed by atoms with van der Waals surface area (Å²) < 4.78 is 23.4. The minimum Gasteiger partial charge on any atom is -0.369 e. The van der Waals surface area contributed by atoms with E-state index in [-0.39, 0.29) is 10.5 Å². The van der Waals surface area contributed by atoms with Gasteiger partial charge in [-0.15, -0.1) is 16.8 Å². The SMILES string of the molecule is CN(C)CCSc1ccc(ON(C(=N)N)C(=O)c2cccc(S(C)(=O)=O)c2)cc1. The number of hydrogen-bond donors (Lipinski definition) is 2. The molecule has 0 unspecified atom stereocenters. The largest absolute Gasteiger partial charge is 0.369 e. The average Bonchev–Trinajstić information content (AvgIpc) is 2.65. The van der Waals surface area contributed by atoms with Crippen LogP contribution in [0.4, 0.5) is 0 Å². The minimum absolute atomic E-state index is 0.00838. The molecule has 2 rings (SSSR count). The van der Waals surface area contributed by atoms with Crippen LogP contribution in [-0.4, -0.2) is 62.9 Å². The van der Waals surface area contributed by atoms with Gasteiger partial charge in [-0.1, -0.05) is 6.07 Å². The zero-order valence-electron chi connectivity index (χ0n) is 16.5. The molecule has 0 bridgehead atoms. The van der Waals surface area contributed by atoms with E-state index < -0.39 is 21.7 Å². The molecule has 0 aliphatic rings. The van der Waals surface area contributed by atoms with Crippen LogP contribution >= 0.6 is 11.8 Å². The van der Waals surface area contributed by atoms with Gasteiger partial charge >= 0.3 is 0 Å². The molecule has 156 valence electrons. The molecule has 0 aliphatic heterocycles. The van der Waals surface area contributed by atoms with E-state index in [0.29, 0.717) is 10.8 Å². The van der Waals surface area contributed by atoms with Gasteiger partial charge in [-0.05, 0) is 56.6 Å². The van der Waals surface area contributed by atoms with Crippen LogP contribution in [0.25, 0.3) is 0 Å². The third-order valence-electron chi connectivity index (χ3n) is 3.74. The second-order valence-electron chi connectivity index (χ2n) is 6.50. The normalized spacial score (nSPS) is 11.3. The Hall–Kier alpha value is -2.56. The molecule has 0 fully saturated rings. The Bertz CT molecular complexity index is 976. The van der Waals surface area contributed by atoms with Gasteiger partial charge in [-0.3, -0.25) is 10.2 Å². The van der Waals surface area contributed by atoms with E-state index in [1.165, 1.54) is 24.3 Å². The van der Waals surface area contributed by atoms with Gasteiger partial charge in [0.2, 0.25) is 5.96 Å². The van der Waals surface area contributed by atoms with Crippen LogP contribution in [0.5, 0.6) is 5.75 Å². The third kappa shape index (κ3) is 6.77. The maximum atomic E-state index is 12.7. The van der Waals surface area contributed by atoms with Crippen molar-refractivity contribution in [3.8, 4) is 5.75 Å². The Morgan fingerprint density at radius 1 is 1.17 bits per heavy atom. The number of amides is 1. The summed E-state index contributed by atoms with van der Waals surface area (Å²) in [5.74, 6) is -0.108. The lowest BCUT2D eigenvalue weighted by Crippen LogP contribution is -2.43. The Labute approximate surface area is 175 Å². The number of rotatable bonds is 8. The molecular formula is C19H24N4O4S2. The van der Waals surface area contributed by atoms with Crippen LogP contribution < -0.4 is 10.6 Å². The molecule has 0 saturated heterocycles. The fraction of sp³-hybridized carbons (Fsp3) is 0.263. The first-order valence-corrected chi connectivity index (χ1v) is 11.5. The van der Waals surface area contributed by atoms with Crippen molar-refractivity contribution in [1.29, 1.82) is 5.41 Å². The number of nitrogens with zero attached hydrogens (tertiary/aromatic N) is 2. The average molecular weight is 437 g/mol. The highest BCUT2D eigenvalue weighted by Gasteiger charge is 2.22. The van der Waals surface area contributed by atoms with Crippen LogP contribution in [0.2, 0.25) is 0 Å². The Kier molecular flexibility index (Phi) is 7.66. The highest BCUT2D eigenvalue weighted by Crippen LogP contribution is 2.22. The molecule has 0 radical (unpaired) electrons. The molecular weight excluding hydrogens is 412 g/mol. The lowest BCUT2D eigenvalue weighted by atomic mass is 10.2. The Morgan fingerprint density at radius 2 is 1.83 bits per heavy atom. The third-order valence-corrected chi connectivity index (χ3v) is 5.84. The second-order valence-corrected chi connectivity index (χ2v) is 9.68. The number of nitrogens with one attached hydrogen (secondary N) is 1. The highest BCUT2D eigenvalue weighted by molar-refractivity contribution is 7.99. The van der Waals surface area contributed by atoms with Crippen LogP contribution in [-0.2, 0) is 9.84 Å². The van der Waals surface area contributed by atoms with Gasteiger partial charge in [0, 0.05) is 29.0 Å². The fourth-order valence-corrected chi connectivity index (χ4v) is 3.91. The van der Waals surface area contributed by atoms with E-state index in [0.717, 1.165) is 23.4 Å². The Morgan fingerprint density at radius 3 is 2.38 bits per heavy atom. The minimum atomic E-state index is -3.48. The summed E-state index contributed by atoms with van der Waals surface area (Å²) in [5, 5.41) is 8.28. The molecule has 3 N–H and O–H groups in total. The van der Waals surface area contributed by atoms with E-state index in [9.17, 15) is 13.2 Å². The molecule has 2 aromatic rings. The molecule has 2 aromatic carbocycles. The van der Waals surface area contributed by atoms with Crippen molar-refractivity contribution in [1.82, 2.24) is 9.96 Å². The summed E-state index contributed by atoms with van der Waals surface area (Å²) in [4.78, 5) is 21.3. The number of hydrogen-bond acceptors (Lipinski definition) is 7. The van der Waals surface area contributed by atoms with Gasteiger partial charge in [0.1, 0.15) is 0 Å². The number of guanidine groups is 1. The molecule has 0 saturated carbocycles. The first-order chi connectivity index (χ1) is 13.6. The number of hydroxylamine groups is 2. The maximum absolute atomic E-state index is 12.7. The van der Waals surface area contributed by atoms with Gasteiger partial charge in [0.25, 0.3) is 5.91 Å². The van der Waals surface area contributed by atoms with Crippen LogP contribution in [0, 0.1) is 5.41 Å². The quantitative estimate of drug-likeness (QED) is 0.282. The van der Waals surface area contributed by atoms with Crippen LogP contribution in [0.15, 0.2) is 58.3 Å². The van der Waals surface area contributed by atoms with Crippen molar-refractivity contribution in [3.63, 3.8) is 0 Å². The fourth-order valence-electron chi connectivity index (χ4n) is 2.23. The summed E-state index contributed by atoms with van der Waals surface area (Å²) in [7, 11) is 0.537. The van der Waals surface area contributed by atoms with E-state index in [1.807, 2.05) is 26.2 Å². The molecule has 0 spiro atoms. The van der Waals surface area contributed by atoms with Gasteiger partial charge in [-0.2, -0.15) is 0 Å². The van der Waals surface area contributed by atoms with Crippen molar-refractivity contribution < 1.29 is 18.0 Å². The molecule has 0 aromatic heterocycles. The molecule has 0 aliphatic carbocycles. The second kappa shape index (κ2) is 9.77. The van der Waals surface area contributed by atoms with Gasteiger partial charge in [-0.25, -0.2) is 8.42 Å². The van der Waals surface area contributed by atoms with Crippen LogP contribution in [0.3, 0.4) is 0 Å². The molecule has 1 amide bonds. The van der Waals surface area contributed by atoms with E-state index in [4.69, 9.17) is 16.0 Å². The lowest BCUT2D eigenvalue weighted by molar-refractivity contribution is 0.0153. The predicted octanol–water partition coefficient (Wildman–Crippen LogP) is 2.07. The van der Waals surface area contributed by atoms with Gasteiger partial charge in [0.15, 0.2) is 15.6 Å². The summed E-state index contributed by atoms with van der Waals surface area (Å²) in [6, 6.07) is 12.5. The van der Waals surface area contributed by atoms with Crippen molar-refractivity contribution in [2.75, 3.05) is 32.6 Å². The van der Waals surface area contributed by atoms with Crippen molar-refractivity contribution in [3.05, 3.63) is 54.1 Å². The molecule has 10 heteroatoms. The molecule has 0 heterocycles.